The number of alkyl halides is 3. The van der Waals surface area contributed by atoms with Crippen molar-refractivity contribution in [1.82, 2.24) is 9.88 Å². The molecular formula is C14H11F3N2O3. The number of pyridine rings is 1. The molecule has 0 radical (unpaired) electrons. The van der Waals surface area contributed by atoms with Crippen molar-refractivity contribution >= 4 is 5.91 Å². The van der Waals surface area contributed by atoms with Crippen LogP contribution in [0.15, 0.2) is 41.0 Å². The first kappa shape index (κ1) is 14.4. The van der Waals surface area contributed by atoms with Crippen LogP contribution in [0.25, 0.3) is 0 Å². The number of furan rings is 1. The summed E-state index contributed by atoms with van der Waals surface area (Å²) in [4.78, 5) is 16.8. The minimum absolute atomic E-state index is 0.107. The van der Waals surface area contributed by atoms with Crippen molar-refractivity contribution in [3.8, 4) is 5.88 Å². The van der Waals surface area contributed by atoms with Gasteiger partial charge in [-0.3, -0.25) is 4.79 Å². The monoisotopic (exact) mass is 312 g/mol. The van der Waals surface area contributed by atoms with Crippen molar-refractivity contribution in [3.05, 3.63) is 48.0 Å². The van der Waals surface area contributed by atoms with Crippen LogP contribution in [0.3, 0.4) is 0 Å². The van der Waals surface area contributed by atoms with E-state index in [9.17, 15) is 18.0 Å². The van der Waals surface area contributed by atoms with E-state index in [1.807, 2.05) is 0 Å². The third-order valence-electron chi connectivity index (χ3n) is 3.17. The Kier molecular flexibility index (Phi) is 3.51. The summed E-state index contributed by atoms with van der Waals surface area (Å²) in [5, 5.41) is 0. The molecule has 0 spiro atoms. The minimum Gasteiger partial charge on any atom is -0.471 e. The van der Waals surface area contributed by atoms with E-state index < -0.39 is 11.9 Å². The van der Waals surface area contributed by atoms with Crippen molar-refractivity contribution in [2.24, 2.45) is 0 Å². The zero-order valence-electron chi connectivity index (χ0n) is 11.2. The smallest absolute Gasteiger partial charge is 0.433 e. The predicted molar refractivity (Wildman–Crippen MR) is 68.3 cm³/mol. The number of carbonyl (C=O) groups is 1. The van der Waals surface area contributed by atoms with E-state index in [0.29, 0.717) is 0 Å². The third-order valence-corrected chi connectivity index (χ3v) is 3.17. The number of aromatic nitrogens is 1. The van der Waals surface area contributed by atoms with Gasteiger partial charge in [0.1, 0.15) is 11.8 Å². The summed E-state index contributed by atoms with van der Waals surface area (Å²) in [6.07, 6.45) is -3.50. The SMILES string of the molecule is O=C(c1ccco1)N1CC(Oc2cccc(C(F)(F)F)n2)C1. The van der Waals surface area contributed by atoms with Gasteiger partial charge in [-0.15, -0.1) is 0 Å². The van der Waals surface area contributed by atoms with Crippen molar-refractivity contribution < 1.29 is 27.1 Å². The second-order valence-electron chi connectivity index (χ2n) is 4.79. The summed E-state index contributed by atoms with van der Waals surface area (Å²) < 4.78 is 48.0. The highest BCUT2D eigenvalue weighted by Crippen LogP contribution is 2.29. The first-order valence-electron chi connectivity index (χ1n) is 6.47. The van der Waals surface area contributed by atoms with Gasteiger partial charge in [0.05, 0.1) is 19.4 Å². The Balaban J connectivity index is 1.57. The maximum Gasteiger partial charge on any atom is 0.433 e. The molecule has 1 saturated heterocycles. The van der Waals surface area contributed by atoms with Crippen molar-refractivity contribution in [2.75, 3.05) is 13.1 Å². The molecule has 5 nitrogen and oxygen atoms in total. The number of rotatable bonds is 3. The van der Waals surface area contributed by atoms with Gasteiger partial charge in [0.25, 0.3) is 5.91 Å². The number of halogens is 3. The number of hydrogen-bond acceptors (Lipinski definition) is 4. The zero-order chi connectivity index (χ0) is 15.7. The Bertz CT molecular complexity index is 664. The van der Waals surface area contributed by atoms with Crippen LogP contribution in [-0.4, -0.2) is 35.0 Å². The molecule has 0 bridgehead atoms. The van der Waals surface area contributed by atoms with Crippen LogP contribution in [0, 0.1) is 0 Å². The van der Waals surface area contributed by atoms with Gasteiger partial charge in [-0.2, -0.15) is 13.2 Å². The van der Waals surface area contributed by atoms with Crippen LogP contribution in [-0.2, 0) is 6.18 Å². The second kappa shape index (κ2) is 5.36. The van der Waals surface area contributed by atoms with Crippen LogP contribution < -0.4 is 4.74 Å². The second-order valence-corrected chi connectivity index (χ2v) is 4.79. The molecule has 3 rings (SSSR count). The maximum absolute atomic E-state index is 12.5. The summed E-state index contributed by atoms with van der Waals surface area (Å²) in [5.74, 6) is -0.164. The molecule has 1 aliphatic heterocycles. The molecule has 3 heterocycles. The number of nitrogens with zero attached hydrogens (tertiary/aromatic N) is 2. The van der Waals surface area contributed by atoms with E-state index >= 15 is 0 Å². The van der Waals surface area contributed by atoms with Crippen LogP contribution in [0.2, 0.25) is 0 Å². The molecule has 2 aromatic rings. The number of ether oxygens (including phenoxy) is 1. The molecule has 1 fully saturated rings. The van der Waals surface area contributed by atoms with Gasteiger partial charge < -0.3 is 14.1 Å². The first-order valence-corrected chi connectivity index (χ1v) is 6.47. The normalized spacial score (nSPS) is 15.5. The largest absolute Gasteiger partial charge is 0.471 e. The molecule has 1 aliphatic rings. The predicted octanol–water partition coefficient (Wildman–Crippen LogP) is 2.60. The van der Waals surface area contributed by atoms with E-state index in [1.165, 1.54) is 23.3 Å². The molecular weight excluding hydrogens is 301 g/mol. The Labute approximate surface area is 123 Å². The highest BCUT2D eigenvalue weighted by Gasteiger charge is 2.35. The minimum atomic E-state index is -4.51. The lowest BCUT2D eigenvalue weighted by molar-refractivity contribution is -0.141. The van der Waals surface area contributed by atoms with E-state index in [2.05, 4.69) is 4.98 Å². The molecule has 116 valence electrons. The highest BCUT2D eigenvalue weighted by molar-refractivity contribution is 5.92. The van der Waals surface area contributed by atoms with Crippen LogP contribution >= 0.6 is 0 Å². The molecule has 0 aliphatic carbocycles. The average molecular weight is 312 g/mol. The summed E-state index contributed by atoms with van der Waals surface area (Å²) >= 11 is 0. The molecule has 2 aromatic heterocycles. The molecule has 22 heavy (non-hydrogen) atoms. The van der Waals surface area contributed by atoms with Crippen molar-refractivity contribution in [3.63, 3.8) is 0 Å². The van der Waals surface area contributed by atoms with E-state index in [-0.39, 0.29) is 36.7 Å². The molecule has 0 unspecified atom stereocenters. The highest BCUT2D eigenvalue weighted by atomic mass is 19.4. The summed E-state index contributed by atoms with van der Waals surface area (Å²) in [7, 11) is 0. The van der Waals surface area contributed by atoms with Gasteiger partial charge >= 0.3 is 6.18 Å². The molecule has 0 aromatic carbocycles. The standard InChI is InChI=1S/C14H11F3N2O3/c15-14(16,17)11-4-1-5-12(18-11)22-9-7-19(8-9)13(20)10-3-2-6-21-10/h1-6,9H,7-8H2. The number of hydrogen-bond donors (Lipinski definition) is 0. The van der Waals surface area contributed by atoms with E-state index in [0.717, 1.165) is 6.07 Å². The lowest BCUT2D eigenvalue weighted by Gasteiger charge is -2.38. The quantitative estimate of drug-likeness (QED) is 0.874. The Morgan fingerprint density at radius 2 is 2.05 bits per heavy atom. The molecule has 1 amide bonds. The van der Waals surface area contributed by atoms with Gasteiger partial charge in [0.15, 0.2) is 5.76 Å². The fourth-order valence-electron chi connectivity index (χ4n) is 2.04. The molecule has 0 N–H and O–H groups in total. The van der Waals surface area contributed by atoms with Gasteiger partial charge in [0, 0.05) is 6.07 Å². The Hall–Kier alpha value is -2.51. The third kappa shape index (κ3) is 2.90. The summed E-state index contributed by atoms with van der Waals surface area (Å²) in [5.41, 5.74) is -1.01. The van der Waals surface area contributed by atoms with E-state index in [1.54, 1.807) is 12.1 Å². The number of amides is 1. The Morgan fingerprint density at radius 1 is 1.27 bits per heavy atom. The van der Waals surface area contributed by atoms with Crippen molar-refractivity contribution in [1.29, 1.82) is 0 Å². The number of likely N-dealkylation sites (tertiary alicyclic amines) is 1. The molecule has 8 heteroatoms. The summed E-state index contributed by atoms with van der Waals surface area (Å²) in [6, 6.07) is 6.61. The lowest BCUT2D eigenvalue weighted by Crippen LogP contribution is -2.56. The van der Waals surface area contributed by atoms with Crippen molar-refractivity contribution in [2.45, 2.75) is 12.3 Å². The van der Waals surface area contributed by atoms with E-state index in [4.69, 9.17) is 9.15 Å². The van der Waals surface area contributed by atoms with Gasteiger partial charge in [-0.1, -0.05) is 6.07 Å². The average Bonchev–Trinajstić information content (AvgIpc) is 2.95. The zero-order valence-corrected chi connectivity index (χ0v) is 11.2. The Morgan fingerprint density at radius 3 is 2.68 bits per heavy atom. The van der Waals surface area contributed by atoms with Gasteiger partial charge in [0.2, 0.25) is 5.88 Å². The van der Waals surface area contributed by atoms with Crippen LogP contribution in [0.4, 0.5) is 13.2 Å². The van der Waals surface area contributed by atoms with Crippen LogP contribution in [0.5, 0.6) is 5.88 Å². The molecule has 0 atom stereocenters. The summed E-state index contributed by atoms with van der Waals surface area (Å²) in [6.45, 7) is 0.551. The van der Waals surface area contributed by atoms with Crippen LogP contribution in [0.1, 0.15) is 16.2 Å². The fraction of sp³-hybridized carbons (Fsp3) is 0.286. The number of carbonyl (C=O) groups excluding carboxylic acids is 1. The fourth-order valence-corrected chi connectivity index (χ4v) is 2.04. The van der Waals surface area contributed by atoms with Gasteiger partial charge in [-0.25, -0.2) is 4.98 Å². The maximum atomic E-state index is 12.5. The topological polar surface area (TPSA) is 55.6 Å². The molecule has 0 saturated carbocycles. The first-order chi connectivity index (χ1) is 10.4. The lowest BCUT2D eigenvalue weighted by atomic mass is 10.1. The van der Waals surface area contributed by atoms with Gasteiger partial charge in [-0.05, 0) is 18.2 Å².